The van der Waals surface area contributed by atoms with E-state index in [0.717, 1.165) is 6.20 Å². The van der Waals surface area contributed by atoms with E-state index in [1.165, 1.54) is 6.07 Å². The summed E-state index contributed by atoms with van der Waals surface area (Å²) in [5.41, 5.74) is 0.528. The zero-order chi connectivity index (χ0) is 19.1. The lowest BCUT2D eigenvalue weighted by molar-refractivity contribution is -0.384. The first kappa shape index (κ1) is 19.1. The molecule has 0 saturated heterocycles. The monoisotopic (exact) mass is 360 g/mol. The van der Waals surface area contributed by atoms with Gasteiger partial charge >= 0.3 is 11.8 Å². The summed E-state index contributed by atoms with van der Waals surface area (Å²) in [6.07, 6.45) is -0.562. The topological polar surface area (TPSA) is 127 Å². The first-order valence-electron chi connectivity index (χ1n) is 8.00. The molecule has 3 N–H and O–H groups in total. The van der Waals surface area contributed by atoms with Crippen LogP contribution in [0.25, 0.3) is 0 Å². The van der Waals surface area contributed by atoms with E-state index in [1.54, 1.807) is 38.1 Å². The van der Waals surface area contributed by atoms with Crippen LogP contribution >= 0.6 is 0 Å². The summed E-state index contributed by atoms with van der Waals surface area (Å²) in [5, 5.41) is 27.0. The van der Waals surface area contributed by atoms with Crippen LogP contribution in [0.3, 0.4) is 0 Å². The minimum Gasteiger partial charge on any atom is -0.450 e. The number of aliphatic hydroxyl groups is 1. The minimum atomic E-state index is -0.884. The second-order valence-electron chi connectivity index (χ2n) is 5.48. The van der Waals surface area contributed by atoms with Gasteiger partial charge in [0.25, 0.3) is 0 Å². The number of nitrogens with zero attached hydrogens (tertiary/aromatic N) is 2. The number of nitrogens with one attached hydrogen (secondary N) is 2. The Hall–Kier alpha value is -3.20. The number of hydrogen-bond donors (Lipinski definition) is 3. The Labute approximate surface area is 150 Å². The molecule has 2 aromatic rings. The van der Waals surface area contributed by atoms with Crippen molar-refractivity contribution in [2.45, 2.75) is 26.0 Å². The van der Waals surface area contributed by atoms with Gasteiger partial charge in [-0.1, -0.05) is 30.3 Å². The highest BCUT2D eigenvalue weighted by molar-refractivity contribution is 5.84. The van der Waals surface area contributed by atoms with Crippen LogP contribution in [0.4, 0.5) is 22.0 Å². The van der Waals surface area contributed by atoms with E-state index in [1.807, 2.05) is 6.07 Å². The molecule has 1 aromatic heterocycles. The number of pyridine rings is 1. The fourth-order valence-corrected chi connectivity index (χ4v) is 2.31. The zero-order valence-electron chi connectivity index (χ0n) is 14.4. The molecular formula is C17H20N4O5. The third-order valence-electron chi connectivity index (χ3n) is 3.58. The van der Waals surface area contributed by atoms with Crippen molar-refractivity contribution < 1.29 is 19.6 Å². The van der Waals surface area contributed by atoms with Crippen LogP contribution in [0, 0.1) is 10.1 Å². The molecule has 0 aliphatic carbocycles. The number of anilines is 2. The van der Waals surface area contributed by atoms with Gasteiger partial charge in [-0.3, -0.25) is 15.4 Å². The molecule has 0 spiro atoms. The molecule has 9 heteroatoms. The summed E-state index contributed by atoms with van der Waals surface area (Å²) in [6, 6.07) is 9.73. The van der Waals surface area contributed by atoms with Crippen LogP contribution in [0.15, 0.2) is 42.6 Å². The minimum absolute atomic E-state index is 0.0953. The Morgan fingerprint density at radius 1 is 1.38 bits per heavy atom. The molecule has 0 aliphatic rings. The van der Waals surface area contributed by atoms with Gasteiger partial charge in [0.2, 0.25) is 0 Å². The molecule has 0 saturated carbocycles. The van der Waals surface area contributed by atoms with Crippen molar-refractivity contribution in [1.82, 2.24) is 4.98 Å². The molecule has 1 heterocycles. The molecule has 2 rings (SSSR count). The van der Waals surface area contributed by atoms with Crippen LogP contribution in [0.2, 0.25) is 0 Å². The predicted molar refractivity (Wildman–Crippen MR) is 96.0 cm³/mol. The lowest BCUT2D eigenvalue weighted by Crippen LogP contribution is -2.24. The van der Waals surface area contributed by atoms with Crippen molar-refractivity contribution in [2.75, 3.05) is 17.2 Å². The maximum Gasteiger partial charge on any atom is 0.412 e. The summed E-state index contributed by atoms with van der Waals surface area (Å²) >= 11 is 0. The summed E-state index contributed by atoms with van der Waals surface area (Å²) < 4.78 is 4.76. The summed E-state index contributed by atoms with van der Waals surface area (Å²) in [5.74, 6) is 0.0953. The number of rotatable bonds is 7. The molecule has 9 nitrogen and oxygen atoms in total. The third kappa shape index (κ3) is 4.90. The quantitative estimate of drug-likeness (QED) is 0.511. The fraction of sp³-hybridized carbons (Fsp3) is 0.294. The van der Waals surface area contributed by atoms with Crippen molar-refractivity contribution >= 4 is 23.3 Å². The Kier molecular flexibility index (Phi) is 6.45. The highest BCUT2D eigenvalue weighted by Gasteiger charge is 2.22. The van der Waals surface area contributed by atoms with Crippen molar-refractivity contribution in [3.05, 3.63) is 58.3 Å². The molecule has 0 fully saturated rings. The van der Waals surface area contributed by atoms with Crippen molar-refractivity contribution in [3.63, 3.8) is 0 Å². The number of benzene rings is 1. The van der Waals surface area contributed by atoms with E-state index in [0.29, 0.717) is 5.56 Å². The van der Waals surface area contributed by atoms with Gasteiger partial charge in [0.05, 0.1) is 23.7 Å². The third-order valence-corrected chi connectivity index (χ3v) is 3.58. The van der Waals surface area contributed by atoms with E-state index in [4.69, 9.17) is 4.74 Å². The Morgan fingerprint density at radius 2 is 2.08 bits per heavy atom. The van der Waals surface area contributed by atoms with Gasteiger partial charge in [-0.15, -0.1) is 0 Å². The van der Waals surface area contributed by atoms with Crippen molar-refractivity contribution in [1.29, 1.82) is 0 Å². The standard InChI is InChI=1S/C17H20N4O5/c1-3-26-17(23)20-15-9-13(14(10-18-15)21(24)25)19-11(2)16(22)12-7-5-4-6-8-12/h4-11,16,22H,3H2,1-2H3,(H2,18,19,20,23)/t11?,16-/m1/s1. The SMILES string of the molecule is CCOC(=O)Nc1cc(NC(C)[C@@H](O)c2ccccc2)c([N+](=O)[O-])cn1. The lowest BCUT2D eigenvalue weighted by atomic mass is 10.0. The van der Waals surface area contributed by atoms with Crippen LogP contribution in [-0.2, 0) is 4.74 Å². The van der Waals surface area contributed by atoms with Gasteiger partial charge in [-0.2, -0.15) is 0 Å². The summed E-state index contributed by atoms with van der Waals surface area (Å²) in [6.45, 7) is 3.53. The summed E-state index contributed by atoms with van der Waals surface area (Å²) in [7, 11) is 0. The Morgan fingerprint density at radius 3 is 2.69 bits per heavy atom. The van der Waals surface area contributed by atoms with Gasteiger partial charge < -0.3 is 15.2 Å². The van der Waals surface area contributed by atoms with E-state index in [2.05, 4.69) is 15.6 Å². The van der Waals surface area contributed by atoms with Crippen molar-refractivity contribution in [2.24, 2.45) is 0 Å². The molecule has 26 heavy (non-hydrogen) atoms. The second kappa shape index (κ2) is 8.77. The highest BCUT2D eigenvalue weighted by Crippen LogP contribution is 2.29. The van der Waals surface area contributed by atoms with E-state index in [9.17, 15) is 20.0 Å². The van der Waals surface area contributed by atoms with Crippen LogP contribution in [0.5, 0.6) is 0 Å². The van der Waals surface area contributed by atoms with Gasteiger partial charge in [0.15, 0.2) is 0 Å². The highest BCUT2D eigenvalue weighted by atomic mass is 16.6. The molecule has 0 aliphatic heterocycles. The number of hydrogen-bond acceptors (Lipinski definition) is 7. The number of amides is 1. The van der Waals surface area contributed by atoms with Gasteiger partial charge in [0, 0.05) is 6.07 Å². The smallest absolute Gasteiger partial charge is 0.412 e. The van der Waals surface area contributed by atoms with E-state index >= 15 is 0 Å². The lowest BCUT2D eigenvalue weighted by Gasteiger charge is -2.21. The molecule has 1 amide bonds. The molecule has 0 radical (unpaired) electrons. The number of aromatic nitrogens is 1. The Balaban J connectivity index is 2.22. The molecule has 2 atom stereocenters. The number of carbonyl (C=O) groups is 1. The average molecular weight is 360 g/mol. The molecule has 1 aromatic carbocycles. The summed E-state index contributed by atoms with van der Waals surface area (Å²) in [4.78, 5) is 26.0. The first-order chi connectivity index (χ1) is 12.4. The number of nitro groups is 1. The molecule has 138 valence electrons. The Bertz CT molecular complexity index is 769. The van der Waals surface area contributed by atoms with Gasteiger partial charge in [-0.25, -0.2) is 9.78 Å². The molecule has 0 bridgehead atoms. The molecule has 1 unspecified atom stereocenters. The number of carbonyl (C=O) groups excluding carboxylic acids is 1. The number of ether oxygens (including phenoxy) is 1. The van der Waals surface area contributed by atoms with Crippen LogP contribution in [0.1, 0.15) is 25.5 Å². The van der Waals surface area contributed by atoms with Crippen molar-refractivity contribution in [3.8, 4) is 0 Å². The maximum absolute atomic E-state index is 11.5. The van der Waals surface area contributed by atoms with Gasteiger partial charge in [0.1, 0.15) is 17.7 Å². The zero-order valence-corrected chi connectivity index (χ0v) is 14.4. The predicted octanol–water partition coefficient (Wildman–Crippen LogP) is 3.09. The van der Waals surface area contributed by atoms with Crippen LogP contribution in [-0.4, -0.2) is 33.8 Å². The van der Waals surface area contributed by atoms with Crippen LogP contribution < -0.4 is 10.6 Å². The normalized spacial score (nSPS) is 12.7. The fourth-order valence-electron chi connectivity index (χ4n) is 2.31. The first-order valence-corrected chi connectivity index (χ1v) is 8.00. The second-order valence-corrected chi connectivity index (χ2v) is 5.48. The molecular weight excluding hydrogens is 340 g/mol. The van der Waals surface area contributed by atoms with E-state index in [-0.39, 0.29) is 23.8 Å². The average Bonchev–Trinajstić information content (AvgIpc) is 2.62. The van der Waals surface area contributed by atoms with E-state index < -0.39 is 23.2 Å². The maximum atomic E-state index is 11.5. The van der Waals surface area contributed by atoms with Gasteiger partial charge in [-0.05, 0) is 19.4 Å². The largest absolute Gasteiger partial charge is 0.450 e. The number of aliphatic hydroxyl groups excluding tert-OH is 1.